The van der Waals surface area contributed by atoms with Crippen LogP contribution in [0.5, 0.6) is 0 Å². The number of pyridine rings is 1. The molecule has 0 amide bonds. The van der Waals surface area contributed by atoms with Crippen molar-refractivity contribution >= 4 is 5.82 Å². The van der Waals surface area contributed by atoms with Gasteiger partial charge in [-0.25, -0.2) is 4.98 Å². The van der Waals surface area contributed by atoms with Crippen molar-refractivity contribution in [3.05, 3.63) is 59.6 Å². The minimum absolute atomic E-state index is 0.259. The third-order valence-electron chi connectivity index (χ3n) is 4.87. The highest BCUT2D eigenvalue weighted by Gasteiger charge is 2.30. The van der Waals surface area contributed by atoms with E-state index in [4.69, 9.17) is 9.78 Å². The average molecular weight is 414 g/mol. The van der Waals surface area contributed by atoms with Crippen molar-refractivity contribution in [2.75, 3.05) is 31.1 Å². The summed E-state index contributed by atoms with van der Waals surface area (Å²) in [5, 5.41) is 12.9. The van der Waals surface area contributed by atoms with Crippen molar-refractivity contribution in [2.45, 2.75) is 12.7 Å². The Bertz CT molecular complexity index is 1050. The van der Waals surface area contributed by atoms with Gasteiger partial charge in [0.15, 0.2) is 0 Å². The summed E-state index contributed by atoms with van der Waals surface area (Å²) < 4.78 is 43.3. The van der Waals surface area contributed by atoms with E-state index in [0.717, 1.165) is 44.1 Å². The van der Waals surface area contributed by atoms with Gasteiger partial charge in [0, 0.05) is 37.9 Å². The molecule has 1 aliphatic heterocycles. The zero-order valence-electron chi connectivity index (χ0n) is 15.8. The second-order valence-corrected chi connectivity index (χ2v) is 6.86. The van der Waals surface area contributed by atoms with Crippen LogP contribution in [0.4, 0.5) is 19.0 Å². The lowest BCUT2D eigenvalue weighted by molar-refractivity contribution is -0.137. The maximum atomic E-state index is 12.7. The minimum Gasteiger partial charge on any atom is -0.354 e. The predicted molar refractivity (Wildman–Crippen MR) is 101 cm³/mol. The Kier molecular flexibility index (Phi) is 5.37. The topological polar surface area (TPSA) is 82.1 Å². The zero-order chi connectivity index (χ0) is 21.1. The monoisotopic (exact) mass is 414 g/mol. The largest absolute Gasteiger partial charge is 0.416 e. The fourth-order valence-electron chi connectivity index (χ4n) is 3.23. The molecule has 0 aliphatic carbocycles. The molecule has 2 aromatic heterocycles. The number of benzene rings is 1. The number of aromatic nitrogens is 3. The van der Waals surface area contributed by atoms with Gasteiger partial charge in [0.2, 0.25) is 11.7 Å². The standard InChI is InChI=1S/C20H17F3N6O/c21-20(22,23)16-3-1-15(2-4-16)19-26-18(30-27-19)13-28-7-9-29(10-8-28)17-11-14(12-24)5-6-25-17/h1-6,11H,7-10,13H2. The van der Waals surface area contributed by atoms with Crippen LogP contribution in [-0.4, -0.2) is 46.2 Å². The summed E-state index contributed by atoms with van der Waals surface area (Å²) in [5.41, 5.74) is 0.318. The summed E-state index contributed by atoms with van der Waals surface area (Å²) in [5.74, 6) is 1.44. The molecule has 3 heterocycles. The number of anilines is 1. The molecule has 7 nitrogen and oxygen atoms in total. The molecule has 0 spiro atoms. The van der Waals surface area contributed by atoms with E-state index >= 15 is 0 Å². The maximum absolute atomic E-state index is 12.7. The number of rotatable bonds is 4. The van der Waals surface area contributed by atoms with Gasteiger partial charge in [-0.05, 0) is 24.3 Å². The SMILES string of the molecule is N#Cc1ccnc(N2CCN(Cc3nc(-c4ccc(C(F)(F)F)cc4)no3)CC2)c1. The van der Waals surface area contributed by atoms with Crippen LogP contribution in [0.3, 0.4) is 0 Å². The first kappa shape index (κ1) is 19.8. The average Bonchev–Trinajstić information content (AvgIpc) is 3.22. The second-order valence-electron chi connectivity index (χ2n) is 6.86. The number of piperazine rings is 1. The highest BCUT2D eigenvalue weighted by atomic mass is 19.4. The Morgan fingerprint density at radius 3 is 2.47 bits per heavy atom. The predicted octanol–water partition coefficient (Wildman–Crippen LogP) is 3.34. The van der Waals surface area contributed by atoms with E-state index in [1.807, 2.05) is 0 Å². The third-order valence-corrected chi connectivity index (χ3v) is 4.87. The molecular formula is C20H17F3N6O. The van der Waals surface area contributed by atoms with E-state index in [-0.39, 0.29) is 5.82 Å². The van der Waals surface area contributed by atoms with Crippen molar-refractivity contribution in [1.29, 1.82) is 5.26 Å². The van der Waals surface area contributed by atoms with Crippen LogP contribution in [0, 0.1) is 11.3 Å². The lowest BCUT2D eigenvalue weighted by Crippen LogP contribution is -2.46. The number of hydrogen-bond acceptors (Lipinski definition) is 7. The first-order chi connectivity index (χ1) is 14.4. The number of alkyl halides is 3. The highest BCUT2D eigenvalue weighted by molar-refractivity contribution is 5.54. The summed E-state index contributed by atoms with van der Waals surface area (Å²) in [6, 6.07) is 10.2. The van der Waals surface area contributed by atoms with E-state index in [9.17, 15) is 13.2 Å². The maximum Gasteiger partial charge on any atom is 0.416 e. The van der Waals surface area contributed by atoms with E-state index < -0.39 is 11.7 Å². The Morgan fingerprint density at radius 1 is 1.07 bits per heavy atom. The summed E-state index contributed by atoms with van der Waals surface area (Å²) >= 11 is 0. The molecule has 154 valence electrons. The van der Waals surface area contributed by atoms with E-state index in [0.29, 0.717) is 23.6 Å². The van der Waals surface area contributed by atoms with E-state index in [1.54, 1.807) is 18.3 Å². The van der Waals surface area contributed by atoms with Crippen molar-refractivity contribution < 1.29 is 17.7 Å². The number of nitriles is 1. The van der Waals surface area contributed by atoms with Gasteiger partial charge < -0.3 is 9.42 Å². The van der Waals surface area contributed by atoms with Gasteiger partial charge in [-0.3, -0.25) is 4.90 Å². The highest BCUT2D eigenvalue weighted by Crippen LogP contribution is 2.30. The van der Waals surface area contributed by atoms with Gasteiger partial charge >= 0.3 is 6.18 Å². The fourth-order valence-corrected chi connectivity index (χ4v) is 3.23. The van der Waals surface area contributed by atoms with Crippen LogP contribution in [0.1, 0.15) is 17.0 Å². The smallest absolute Gasteiger partial charge is 0.354 e. The van der Waals surface area contributed by atoms with Gasteiger partial charge in [0.1, 0.15) is 5.82 Å². The third kappa shape index (κ3) is 4.41. The summed E-state index contributed by atoms with van der Waals surface area (Å²) in [4.78, 5) is 12.9. The molecule has 0 saturated carbocycles. The molecule has 30 heavy (non-hydrogen) atoms. The van der Waals surface area contributed by atoms with E-state index in [1.165, 1.54) is 12.1 Å². The summed E-state index contributed by atoms with van der Waals surface area (Å²) in [6.45, 7) is 3.42. The molecule has 0 bridgehead atoms. The van der Waals surface area contributed by atoms with Crippen LogP contribution in [-0.2, 0) is 12.7 Å². The van der Waals surface area contributed by atoms with Crippen molar-refractivity contribution in [3.8, 4) is 17.5 Å². The molecular weight excluding hydrogens is 397 g/mol. The molecule has 0 radical (unpaired) electrons. The van der Waals surface area contributed by atoms with Crippen LogP contribution in [0.2, 0.25) is 0 Å². The molecule has 1 saturated heterocycles. The minimum atomic E-state index is -4.38. The van der Waals surface area contributed by atoms with Crippen LogP contribution >= 0.6 is 0 Å². The number of hydrogen-bond donors (Lipinski definition) is 0. The van der Waals surface area contributed by atoms with Gasteiger partial charge in [-0.2, -0.15) is 23.4 Å². The lowest BCUT2D eigenvalue weighted by atomic mass is 10.1. The first-order valence-electron chi connectivity index (χ1n) is 9.26. The Morgan fingerprint density at radius 2 is 1.80 bits per heavy atom. The Labute approximate surface area is 170 Å². The van der Waals surface area contributed by atoms with Crippen molar-refractivity contribution in [1.82, 2.24) is 20.0 Å². The summed E-state index contributed by atoms with van der Waals surface area (Å²) in [7, 11) is 0. The normalized spacial score (nSPS) is 15.2. The fraction of sp³-hybridized carbons (Fsp3) is 0.300. The van der Waals surface area contributed by atoms with Crippen LogP contribution in [0.25, 0.3) is 11.4 Å². The Balaban J connectivity index is 1.35. The second kappa shape index (κ2) is 8.12. The lowest BCUT2D eigenvalue weighted by Gasteiger charge is -2.34. The van der Waals surface area contributed by atoms with Gasteiger partial charge in [-0.1, -0.05) is 17.3 Å². The molecule has 1 aliphatic rings. The molecule has 3 aromatic rings. The van der Waals surface area contributed by atoms with Crippen molar-refractivity contribution in [2.24, 2.45) is 0 Å². The molecule has 0 N–H and O–H groups in total. The first-order valence-corrected chi connectivity index (χ1v) is 9.26. The quantitative estimate of drug-likeness (QED) is 0.648. The van der Waals surface area contributed by atoms with Gasteiger partial charge in [0.25, 0.3) is 0 Å². The number of halogens is 3. The molecule has 1 fully saturated rings. The van der Waals surface area contributed by atoms with Crippen LogP contribution < -0.4 is 4.90 Å². The van der Waals surface area contributed by atoms with E-state index in [2.05, 4.69) is 31.0 Å². The van der Waals surface area contributed by atoms with Crippen molar-refractivity contribution in [3.63, 3.8) is 0 Å². The molecule has 10 heteroatoms. The zero-order valence-corrected chi connectivity index (χ0v) is 15.8. The Hall–Kier alpha value is -3.45. The van der Waals surface area contributed by atoms with Crippen LogP contribution in [0.15, 0.2) is 47.1 Å². The molecule has 1 aromatic carbocycles. The van der Waals surface area contributed by atoms with Gasteiger partial charge in [0.05, 0.1) is 23.7 Å². The molecule has 4 rings (SSSR count). The molecule has 0 unspecified atom stereocenters. The van der Waals surface area contributed by atoms with Gasteiger partial charge in [-0.15, -0.1) is 0 Å². The summed E-state index contributed by atoms with van der Waals surface area (Å²) in [6.07, 6.45) is -2.75. The number of nitrogens with zero attached hydrogens (tertiary/aromatic N) is 6. The molecule has 0 atom stereocenters.